The van der Waals surface area contributed by atoms with E-state index in [9.17, 15) is 22.4 Å². The second kappa shape index (κ2) is 5.56. The average Bonchev–Trinajstić information content (AvgIpc) is 2.33. The normalized spacial score (nSPS) is 10.7. The third-order valence-corrected chi connectivity index (χ3v) is 1.98. The van der Waals surface area contributed by atoms with Gasteiger partial charge in [0.25, 0.3) is 0 Å². The molecule has 0 N–H and O–H groups in total. The summed E-state index contributed by atoms with van der Waals surface area (Å²) in [5.74, 6) is -2.79. The van der Waals surface area contributed by atoms with Gasteiger partial charge in [-0.1, -0.05) is 0 Å². The summed E-state index contributed by atoms with van der Waals surface area (Å²) < 4.78 is 58.1. The maximum atomic E-state index is 13.4. The van der Waals surface area contributed by atoms with E-state index in [0.29, 0.717) is 6.07 Å². The molecule has 1 aromatic rings. The lowest BCUT2D eigenvalue weighted by molar-refractivity contribution is -0.153. The number of ether oxygens (including phenoxy) is 2. The van der Waals surface area contributed by atoms with Crippen LogP contribution in [-0.2, 0) is 4.74 Å². The molecule has 0 unspecified atom stereocenters. The molecule has 0 heterocycles. The number of esters is 1. The summed E-state index contributed by atoms with van der Waals surface area (Å²) in [5.41, 5.74) is -1.06. The Hall–Kier alpha value is -2.30. The average molecular weight is 277 g/mol. The van der Waals surface area contributed by atoms with Crippen LogP contribution in [0.2, 0.25) is 0 Å². The highest BCUT2D eigenvalue weighted by Gasteiger charge is 2.29. The van der Waals surface area contributed by atoms with E-state index in [2.05, 4.69) is 9.47 Å². The number of carbonyl (C=O) groups is 1. The van der Waals surface area contributed by atoms with Gasteiger partial charge in [-0.05, 0) is 12.1 Å². The summed E-state index contributed by atoms with van der Waals surface area (Å²) in [5, 5.41) is 8.65. The molecule has 1 aromatic carbocycles. The number of methoxy groups -OCH3 is 1. The minimum absolute atomic E-state index is 0.351. The molecule has 0 aliphatic rings. The fraction of sp³-hybridized carbons (Fsp3) is 0.273. The number of nitrogens with zero attached hydrogens (tertiary/aromatic N) is 1. The van der Waals surface area contributed by atoms with Gasteiger partial charge in [-0.2, -0.15) is 18.4 Å². The maximum absolute atomic E-state index is 13.4. The van der Waals surface area contributed by atoms with Crippen LogP contribution in [-0.4, -0.2) is 25.9 Å². The number of carbonyl (C=O) groups excluding carboxylic acids is 1. The molecule has 102 valence electrons. The molecule has 0 aromatic heterocycles. The van der Waals surface area contributed by atoms with E-state index < -0.39 is 35.9 Å². The Balaban J connectivity index is 3.16. The summed E-state index contributed by atoms with van der Waals surface area (Å²) in [6.45, 7) is -1.70. The molecule has 0 amide bonds. The van der Waals surface area contributed by atoms with E-state index in [1.165, 1.54) is 6.07 Å². The van der Waals surface area contributed by atoms with Gasteiger partial charge in [0.05, 0.1) is 12.7 Å². The first-order valence-corrected chi connectivity index (χ1v) is 4.80. The Morgan fingerprint density at radius 3 is 2.53 bits per heavy atom. The number of rotatable bonds is 3. The van der Waals surface area contributed by atoms with Crippen molar-refractivity contribution in [3.63, 3.8) is 0 Å². The smallest absolute Gasteiger partial charge is 0.422 e. The van der Waals surface area contributed by atoms with E-state index in [0.717, 1.165) is 13.2 Å². The van der Waals surface area contributed by atoms with Crippen molar-refractivity contribution in [1.82, 2.24) is 0 Å². The van der Waals surface area contributed by atoms with Crippen LogP contribution in [0.15, 0.2) is 12.1 Å². The van der Waals surface area contributed by atoms with Gasteiger partial charge in [-0.3, -0.25) is 0 Å². The van der Waals surface area contributed by atoms with Crippen molar-refractivity contribution in [3.8, 4) is 11.8 Å². The maximum Gasteiger partial charge on any atom is 0.422 e. The van der Waals surface area contributed by atoms with Crippen molar-refractivity contribution in [3.05, 3.63) is 29.1 Å². The quantitative estimate of drug-likeness (QED) is 0.629. The second-order valence-electron chi connectivity index (χ2n) is 3.34. The number of alkyl halides is 3. The summed E-state index contributed by atoms with van der Waals surface area (Å²) in [6, 6.07) is 2.87. The van der Waals surface area contributed by atoms with Gasteiger partial charge in [0.2, 0.25) is 0 Å². The van der Waals surface area contributed by atoms with Crippen LogP contribution in [0.3, 0.4) is 0 Å². The van der Waals surface area contributed by atoms with Crippen molar-refractivity contribution in [2.75, 3.05) is 13.7 Å². The molecule has 4 nitrogen and oxygen atoms in total. The molecule has 0 saturated carbocycles. The molecule has 0 atom stereocenters. The molecule has 0 aliphatic heterocycles. The first kappa shape index (κ1) is 14.8. The standard InChI is InChI=1S/C11H7F4NO3/c1-18-10(17)6-2-8(12)7(4-16)9(3-6)19-5-11(13,14)15/h2-3H,5H2,1H3. The van der Waals surface area contributed by atoms with Crippen molar-refractivity contribution in [2.45, 2.75) is 6.18 Å². The lowest BCUT2D eigenvalue weighted by Crippen LogP contribution is -2.20. The molecule has 1 rings (SSSR count). The monoisotopic (exact) mass is 277 g/mol. The number of hydrogen-bond acceptors (Lipinski definition) is 4. The Bertz CT molecular complexity index is 534. The topological polar surface area (TPSA) is 59.3 Å². The summed E-state index contributed by atoms with van der Waals surface area (Å²) in [4.78, 5) is 11.2. The zero-order valence-electron chi connectivity index (χ0n) is 9.55. The van der Waals surface area contributed by atoms with E-state index in [1.807, 2.05) is 0 Å². The molecule has 8 heteroatoms. The Morgan fingerprint density at radius 2 is 2.05 bits per heavy atom. The lowest BCUT2D eigenvalue weighted by Gasteiger charge is -2.11. The lowest BCUT2D eigenvalue weighted by atomic mass is 10.1. The van der Waals surface area contributed by atoms with Crippen LogP contribution in [0, 0.1) is 17.1 Å². The third kappa shape index (κ3) is 3.84. The predicted octanol–water partition coefficient (Wildman–Crippen LogP) is 2.43. The first-order chi connectivity index (χ1) is 8.78. The number of nitriles is 1. The van der Waals surface area contributed by atoms with Crippen LogP contribution in [0.25, 0.3) is 0 Å². The van der Waals surface area contributed by atoms with Gasteiger partial charge in [0, 0.05) is 0 Å². The van der Waals surface area contributed by atoms with Crippen LogP contribution in [0.4, 0.5) is 17.6 Å². The second-order valence-corrected chi connectivity index (χ2v) is 3.34. The fourth-order valence-electron chi connectivity index (χ4n) is 1.20. The Morgan fingerprint density at radius 1 is 1.42 bits per heavy atom. The molecular formula is C11H7F4NO3. The molecule has 0 bridgehead atoms. The van der Waals surface area contributed by atoms with E-state index in [-0.39, 0.29) is 5.56 Å². The molecule has 19 heavy (non-hydrogen) atoms. The van der Waals surface area contributed by atoms with Gasteiger partial charge in [0.1, 0.15) is 23.2 Å². The fourth-order valence-corrected chi connectivity index (χ4v) is 1.20. The Labute approximate surface area is 105 Å². The summed E-state index contributed by atoms with van der Waals surface area (Å²) >= 11 is 0. The number of halogens is 4. The van der Waals surface area contributed by atoms with Gasteiger partial charge < -0.3 is 9.47 Å². The third-order valence-electron chi connectivity index (χ3n) is 1.98. The molecule has 0 aliphatic carbocycles. The number of hydrogen-bond donors (Lipinski definition) is 0. The molecule has 0 spiro atoms. The minimum Gasteiger partial charge on any atom is -0.483 e. The van der Waals surface area contributed by atoms with Crippen molar-refractivity contribution < 1.29 is 31.8 Å². The van der Waals surface area contributed by atoms with E-state index in [1.54, 1.807) is 0 Å². The Kier molecular flexibility index (Phi) is 4.32. The molecular weight excluding hydrogens is 270 g/mol. The first-order valence-electron chi connectivity index (χ1n) is 4.80. The molecule has 0 saturated heterocycles. The van der Waals surface area contributed by atoms with Crippen molar-refractivity contribution in [2.24, 2.45) is 0 Å². The minimum atomic E-state index is -4.65. The van der Waals surface area contributed by atoms with Crippen LogP contribution in [0.5, 0.6) is 5.75 Å². The van der Waals surface area contributed by atoms with Crippen molar-refractivity contribution in [1.29, 1.82) is 5.26 Å². The van der Waals surface area contributed by atoms with Crippen LogP contribution < -0.4 is 4.74 Å². The van der Waals surface area contributed by atoms with Gasteiger partial charge in [-0.15, -0.1) is 0 Å². The van der Waals surface area contributed by atoms with Crippen molar-refractivity contribution >= 4 is 5.97 Å². The SMILES string of the molecule is COC(=O)c1cc(F)c(C#N)c(OCC(F)(F)F)c1. The zero-order valence-corrected chi connectivity index (χ0v) is 9.55. The van der Waals surface area contributed by atoms with Crippen LogP contribution >= 0.6 is 0 Å². The predicted molar refractivity (Wildman–Crippen MR) is 54.0 cm³/mol. The van der Waals surface area contributed by atoms with E-state index in [4.69, 9.17) is 5.26 Å². The molecule has 0 fully saturated rings. The van der Waals surface area contributed by atoms with Gasteiger partial charge >= 0.3 is 12.1 Å². The van der Waals surface area contributed by atoms with Gasteiger partial charge in [-0.25, -0.2) is 9.18 Å². The number of benzene rings is 1. The highest BCUT2D eigenvalue weighted by atomic mass is 19.4. The van der Waals surface area contributed by atoms with Gasteiger partial charge in [0.15, 0.2) is 6.61 Å². The largest absolute Gasteiger partial charge is 0.483 e. The highest BCUT2D eigenvalue weighted by Crippen LogP contribution is 2.26. The van der Waals surface area contributed by atoms with E-state index >= 15 is 0 Å². The highest BCUT2D eigenvalue weighted by molar-refractivity contribution is 5.90. The van der Waals surface area contributed by atoms with Crippen LogP contribution in [0.1, 0.15) is 15.9 Å². The summed E-state index contributed by atoms with van der Waals surface area (Å²) in [7, 11) is 1.02. The molecule has 0 radical (unpaired) electrons. The zero-order chi connectivity index (χ0) is 14.6. The summed E-state index contributed by atoms with van der Waals surface area (Å²) in [6.07, 6.45) is -4.65.